The van der Waals surface area contributed by atoms with E-state index >= 15 is 0 Å². The molecule has 2 fully saturated rings. The molecule has 15 heavy (non-hydrogen) atoms. The molecule has 0 radical (unpaired) electrons. The SMILES string of the molecule is CC(C)C1CCN(C2CCC2CN)CC1. The van der Waals surface area contributed by atoms with E-state index in [0.29, 0.717) is 0 Å². The lowest BCUT2D eigenvalue weighted by molar-refractivity contribution is 0.0315. The molecule has 1 saturated heterocycles. The van der Waals surface area contributed by atoms with Crippen molar-refractivity contribution in [3.8, 4) is 0 Å². The zero-order valence-corrected chi connectivity index (χ0v) is 10.3. The van der Waals surface area contributed by atoms with Gasteiger partial charge in [-0.25, -0.2) is 0 Å². The van der Waals surface area contributed by atoms with E-state index in [9.17, 15) is 0 Å². The molecule has 1 aliphatic heterocycles. The Bertz CT molecular complexity index is 193. The lowest BCUT2D eigenvalue weighted by Gasteiger charge is -2.47. The van der Waals surface area contributed by atoms with Crippen molar-refractivity contribution >= 4 is 0 Å². The van der Waals surface area contributed by atoms with Crippen LogP contribution in [0.3, 0.4) is 0 Å². The summed E-state index contributed by atoms with van der Waals surface area (Å²) in [4.78, 5) is 2.71. The Hall–Kier alpha value is -0.0800. The molecule has 2 aliphatic rings. The second-order valence-electron chi connectivity index (χ2n) is 5.76. The van der Waals surface area contributed by atoms with Crippen LogP contribution in [-0.2, 0) is 0 Å². The number of nitrogens with two attached hydrogens (primary N) is 1. The Morgan fingerprint density at radius 3 is 2.20 bits per heavy atom. The lowest BCUT2D eigenvalue weighted by atomic mass is 9.76. The summed E-state index contributed by atoms with van der Waals surface area (Å²) in [5.41, 5.74) is 5.78. The molecule has 0 spiro atoms. The molecule has 88 valence electrons. The second-order valence-corrected chi connectivity index (χ2v) is 5.76. The van der Waals surface area contributed by atoms with Crippen LogP contribution in [0.15, 0.2) is 0 Å². The highest BCUT2D eigenvalue weighted by Gasteiger charge is 2.36. The van der Waals surface area contributed by atoms with Gasteiger partial charge in [-0.05, 0) is 63.1 Å². The number of piperidine rings is 1. The predicted octanol–water partition coefficient (Wildman–Crippen LogP) is 2.09. The summed E-state index contributed by atoms with van der Waals surface area (Å²) >= 11 is 0. The molecule has 0 aromatic rings. The summed E-state index contributed by atoms with van der Waals surface area (Å²) in [5, 5.41) is 0. The van der Waals surface area contributed by atoms with Crippen LogP contribution in [0.5, 0.6) is 0 Å². The van der Waals surface area contributed by atoms with Gasteiger partial charge in [-0.15, -0.1) is 0 Å². The highest BCUT2D eigenvalue weighted by Crippen LogP contribution is 2.35. The fraction of sp³-hybridized carbons (Fsp3) is 1.00. The largest absolute Gasteiger partial charge is 0.330 e. The Balaban J connectivity index is 1.78. The molecule has 1 heterocycles. The Morgan fingerprint density at radius 1 is 1.13 bits per heavy atom. The highest BCUT2D eigenvalue weighted by molar-refractivity contribution is 4.91. The van der Waals surface area contributed by atoms with E-state index in [4.69, 9.17) is 5.73 Å². The second kappa shape index (κ2) is 4.84. The van der Waals surface area contributed by atoms with Gasteiger partial charge in [-0.2, -0.15) is 0 Å². The maximum Gasteiger partial charge on any atom is 0.0136 e. The third-order valence-electron chi connectivity index (χ3n) is 4.67. The molecule has 0 aromatic carbocycles. The minimum absolute atomic E-state index is 0.806. The first-order chi connectivity index (χ1) is 7.22. The molecule has 0 amide bonds. The zero-order valence-electron chi connectivity index (χ0n) is 10.3. The smallest absolute Gasteiger partial charge is 0.0136 e. The van der Waals surface area contributed by atoms with E-state index in [2.05, 4.69) is 18.7 Å². The maximum atomic E-state index is 5.78. The molecule has 2 nitrogen and oxygen atoms in total. The minimum Gasteiger partial charge on any atom is -0.330 e. The number of nitrogens with zero attached hydrogens (tertiary/aromatic N) is 1. The average Bonchev–Trinajstić information content (AvgIpc) is 2.17. The van der Waals surface area contributed by atoms with Gasteiger partial charge in [0.15, 0.2) is 0 Å². The average molecular weight is 210 g/mol. The molecule has 2 heteroatoms. The van der Waals surface area contributed by atoms with Crippen LogP contribution in [0, 0.1) is 17.8 Å². The van der Waals surface area contributed by atoms with Crippen LogP contribution in [0.25, 0.3) is 0 Å². The van der Waals surface area contributed by atoms with Gasteiger partial charge in [-0.3, -0.25) is 0 Å². The van der Waals surface area contributed by atoms with Crippen LogP contribution < -0.4 is 5.73 Å². The molecular weight excluding hydrogens is 184 g/mol. The van der Waals surface area contributed by atoms with Gasteiger partial charge in [0.2, 0.25) is 0 Å². The molecule has 1 saturated carbocycles. The van der Waals surface area contributed by atoms with Crippen molar-refractivity contribution in [2.45, 2.75) is 45.6 Å². The monoisotopic (exact) mass is 210 g/mol. The van der Waals surface area contributed by atoms with Gasteiger partial charge in [0.05, 0.1) is 0 Å². The molecular formula is C13H26N2. The van der Waals surface area contributed by atoms with Crippen molar-refractivity contribution in [2.75, 3.05) is 19.6 Å². The number of hydrogen-bond donors (Lipinski definition) is 1. The first-order valence-electron chi connectivity index (χ1n) is 6.66. The van der Waals surface area contributed by atoms with Crippen molar-refractivity contribution in [1.29, 1.82) is 0 Å². The van der Waals surface area contributed by atoms with E-state index in [1.54, 1.807) is 0 Å². The summed E-state index contributed by atoms with van der Waals surface area (Å²) in [6.07, 6.45) is 5.58. The number of likely N-dealkylation sites (tertiary alicyclic amines) is 1. The van der Waals surface area contributed by atoms with Crippen LogP contribution in [0.1, 0.15) is 39.5 Å². The van der Waals surface area contributed by atoms with Crippen LogP contribution in [0.4, 0.5) is 0 Å². The predicted molar refractivity (Wildman–Crippen MR) is 64.7 cm³/mol. The maximum absolute atomic E-state index is 5.78. The van der Waals surface area contributed by atoms with E-state index < -0.39 is 0 Å². The topological polar surface area (TPSA) is 29.3 Å². The fourth-order valence-electron chi connectivity index (χ4n) is 3.22. The van der Waals surface area contributed by atoms with Crippen molar-refractivity contribution in [3.63, 3.8) is 0 Å². The van der Waals surface area contributed by atoms with Gasteiger partial charge < -0.3 is 10.6 Å². The first-order valence-corrected chi connectivity index (χ1v) is 6.66. The van der Waals surface area contributed by atoms with Gasteiger partial charge in [0.1, 0.15) is 0 Å². The van der Waals surface area contributed by atoms with Gasteiger partial charge >= 0.3 is 0 Å². The summed E-state index contributed by atoms with van der Waals surface area (Å²) in [7, 11) is 0. The molecule has 2 unspecified atom stereocenters. The van der Waals surface area contributed by atoms with Gasteiger partial charge in [0, 0.05) is 6.04 Å². The highest BCUT2D eigenvalue weighted by atomic mass is 15.2. The Morgan fingerprint density at radius 2 is 1.80 bits per heavy atom. The molecule has 2 atom stereocenters. The standard InChI is InChI=1S/C13H26N2/c1-10(2)11-5-7-15(8-6-11)13-4-3-12(13)9-14/h10-13H,3-9,14H2,1-2H3. The molecule has 1 aliphatic carbocycles. The molecule has 2 N–H and O–H groups in total. The van der Waals surface area contributed by atoms with Crippen molar-refractivity contribution in [3.05, 3.63) is 0 Å². The fourth-order valence-corrected chi connectivity index (χ4v) is 3.22. The summed E-state index contributed by atoms with van der Waals surface area (Å²) in [6.45, 7) is 8.28. The van der Waals surface area contributed by atoms with Crippen LogP contribution in [0.2, 0.25) is 0 Å². The van der Waals surface area contributed by atoms with Gasteiger partial charge in [0.25, 0.3) is 0 Å². The molecule has 2 rings (SSSR count). The minimum atomic E-state index is 0.806. The normalized spacial score (nSPS) is 34.4. The van der Waals surface area contributed by atoms with E-state index in [1.807, 2.05) is 0 Å². The first kappa shape index (κ1) is 11.4. The number of rotatable bonds is 3. The molecule has 0 aromatic heterocycles. The van der Waals surface area contributed by atoms with Crippen LogP contribution in [-0.4, -0.2) is 30.6 Å². The van der Waals surface area contributed by atoms with Crippen molar-refractivity contribution in [1.82, 2.24) is 4.90 Å². The summed E-state index contributed by atoms with van der Waals surface area (Å²) in [5.74, 6) is 2.65. The van der Waals surface area contributed by atoms with E-state index in [0.717, 1.165) is 30.3 Å². The number of hydrogen-bond acceptors (Lipinski definition) is 2. The van der Waals surface area contributed by atoms with Crippen molar-refractivity contribution < 1.29 is 0 Å². The van der Waals surface area contributed by atoms with E-state index in [-0.39, 0.29) is 0 Å². The van der Waals surface area contributed by atoms with Crippen molar-refractivity contribution in [2.24, 2.45) is 23.5 Å². The van der Waals surface area contributed by atoms with Gasteiger partial charge in [-0.1, -0.05) is 13.8 Å². The third-order valence-corrected chi connectivity index (χ3v) is 4.67. The lowest BCUT2D eigenvalue weighted by Crippen LogP contribution is -2.52. The summed E-state index contributed by atoms with van der Waals surface area (Å²) < 4.78 is 0. The van der Waals surface area contributed by atoms with E-state index in [1.165, 1.54) is 38.8 Å². The quantitative estimate of drug-likeness (QED) is 0.773. The van der Waals surface area contributed by atoms with Crippen LogP contribution >= 0.6 is 0 Å². The Kier molecular flexibility index (Phi) is 3.68. The molecule has 0 bridgehead atoms. The zero-order chi connectivity index (χ0) is 10.8. The third kappa shape index (κ3) is 2.36. The summed E-state index contributed by atoms with van der Waals surface area (Å²) in [6, 6.07) is 0.836. The Labute approximate surface area is 94.2 Å².